The highest BCUT2D eigenvalue weighted by Crippen LogP contribution is 2.50. The van der Waals surface area contributed by atoms with Crippen LogP contribution in [0.1, 0.15) is 56.9 Å². The van der Waals surface area contributed by atoms with E-state index in [4.69, 9.17) is 20.9 Å². The molecule has 9 nitrogen and oxygen atoms in total. The van der Waals surface area contributed by atoms with Crippen molar-refractivity contribution in [1.82, 2.24) is 20.2 Å². The van der Waals surface area contributed by atoms with Crippen molar-refractivity contribution in [2.24, 2.45) is 11.3 Å². The van der Waals surface area contributed by atoms with Crippen molar-refractivity contribution in [1.29, 1.82) is 0 Å². The molecule has 0 spiro atoms. The number of fused-ring (bicyclic) bond motifs is 6. The molecule has 4 atom stereocenters. The van der Waals surface area contributed by atoms with Crippen molar-refractivity contribution < 1.29 is 28.2 Å². The van der Waals surface area contributed by atoms with E-state index in [1.54, 1.807) is 18.2 Å². The van der Waals surface area contributed by atoms with Crippen molar-refractivity contribution in [3.05, 3.63) is 53.6 Å². The predicted molar refractivity (Wildman–Crippen MR) is 190 cm³/mol. The summed E-state index contributed by atoms with van der Waals surface area (Å²) in [6, 6.07) is 10.7. The highest BCUT2D eigenvalue weighted by atomic mass is 19.1. The van der Waals surface area contributed by atoms with Crippen LogP contribution in [0.4, 0.5) is 14.6 Å². The van der Waals surface area contributed by atoms with Gasteiger partial charge in [0.2, 0.25) is 0 Å². The summed E-state index contributed by atoms with van der Waals surface area (Å²) in [6.07, 6.45) is 13.7. The average molecular weight is 694 g/mol. The molecular weight excluding hydrogens is 652 g/mol. The van der Waals surface area contributed by atoms with Gasteiger partial charge in [0.15, 0.2) is 5.82 Å². The van der Waals surface area contributed by atoms with Crippen LogP contribution in [-0.4, -0.2) is 83.5 Å². The molecule has 11 heteroatoms. The first-order valence-corrected chi connectivity index (χ1v) is 18.1. The van der Waals surface area contributed by atoms with Crippen LogP contribution in [0.25, 0.3) is 32.8 Å². The second kappa shape index (κ2) is 12.3. The molecule has 51 heavy (non-hydrogen) atoms. The number of ether oxygens (including phenoxy) is 2. The number of hydrogen-bond donors (Lipinski definition) is 2. The summed E-state index contributed by atoms with van der Waals surface area (Å²) < 4.78 is 44.8. The van der Waals surface area contributed by atoms with E-state index in [1.165, 1.54) is 25.3 Å². The Morgan fingerprint density at radius 2 is 1.82 bits per heavy atom. The molecular formula is C40H41F2N5O4. The van der Waals surface area contributed by atoms with Gasteiger partial charge in [0.1, 0.15) is 22.9 Å². The van der Waals surface area contributed by atoms with E-state index in [0.717, 1.165) is 57.9 Å². The number of phenolic OH excluding ortho intramolecular Hbond substituents is 1. The van der Waals surface area contributed by atoms with Crippen LogP contribution in [-0.2, 0) is 9.53 Å². The minimum atomic E-state index is -0.860. The summed E-state index contributed by atoms with van der Waals surface area (Å²) in [6.45, 7) is 2.55. The van der Waals surface area contributed by atoms with Crippen LogP contribution in [0.3, 0.4) is 0 Å². The summed E-state index contributed by atoms with van der Waals surface area (Å²) in [4.78, 5) is 26.5. The molecule has 4 bridgehead atoms. The fourth-order valence-electron chi connectivity index (χ4n) is 9.43. The van der Waals surface area contributed by atoms with Gasteiger partial charge in [0, 0.05) is 71.1 Å². The van der Waals surface area contributed by atoms with Gasteiger partial charge in [-0.15, -0.1) is 6.42 Å². The number of aromatic nitrogens is 2. The molecule has 5 fully saturated rings. The van der Waals surface area contributed by atoms with Crippen molar-refractivity contribution >= 4 is 33.5 Å². The lowest BCUT2D eigenvalue weighted by molar-refractivity contribution is -0.148. The van der Waals surface area contributed by atoms with Gasteiger partial charge < -0.3 is 24.8 Å². The van der Waals surface area contributed by atoms with E-state index in [9.17, 15) is 9.90 Å². The van der Waals surface area contributed by atoms with Gasteiger partial charge in [0.05, 0.1) is 25.2 Å². The highest BCUT2D eigenvalue weighted by Gasteiger charge is 2.51. The Balaban J connectivity index is 1.08. The van der Waals surface area contributed by atoms with E-state index in [-0.39, 0.29) is 63.2 Å². The van der Waals surface area contributed by atoms with Crippen LogP contribution in [0, 0.1) is 35.3 Å². The van der Waals surface area contributed by atoms with Crippen molar-refractivity contribution in [3.63, 3.8) is 0 Å². The van der Waals surface area contributed by atoms with Crippen LogP contribution < -0.4 is 15.0 Å². The molecule has 4 aromatic rings. The number of halogens is 2. The molecule has 1 saturated carbocycles. The predicted octanol–water partition coefficient (Wildman–Crippen LogP) is 5.93. The monoisotopic (exact) mass is 693 g/mol. The number of carbonyl (C=O) groups is 1. The number of terminal acetylenes is 1. The number of esters is 1. The van der Waals surface area contributed by atoms with Crippen molar-refractivity contribution in [2.75, 3.05) is 38.3 Å². The first-order valence-electron chi connectivity index (χ1n) is 18.1. The fourth-order valence-corrected chi connectivity index (χ4v) is 9.43. The minimum absolute atomic E-state index is 0.0413. The maximum absolute atomic E-state index is 17.0. The molecule has 0 amide bonds. The number of carbonyl (C=O) groups excluding carboxylic acids is 1. The number of benzene rings is 3. The molecule has 0 radical (unpaired) electrons. The lowest BCUT2D eigenvalue weighted by Gasteiger charge is -2.40. The van der Waals surface area contributed by atoms with E-state index < -0.39 is 11.6 Å². The quantitative estimate of drug-likeness (QED) is 0.172. The molecule has 1 aromatic heterocycles. The zero-order valence-electron chi connectivity index (χ0n) is 28.6. The number of aromatic hydroxyl groups is 1. The molecule has 3 aromatic carbocycles. The second-order valence-corrected chi connectivity index (χ2v) is 15.4. The van der Waals surface area contributed by atoms with Gasteiger partial charge in [-0.3, -0.25) is 9.69 Å². The number of anilines is 1. The number of rotatable bonds is 8. The number of methoxy groups -OCH3 is 1. The Morgan fingerprint density at radius 3 is 2.51 bits per heavy atom. The Morgan fingerprint density at radius 1 is 1.08 bits per heavy atom. The maximum Gasteiger partial charge on any atom is 0.319 e. The van der Waals surface area contributed by atoms with Crippen molar-refractivity contribution in [3.8, 4) is 35.2 Å². The standard InChI is InChI=1S/C40H41F2N5O4/c1-3-22-5-4-6-23-15-29(48)16-30(33(22)23)34-32(41)17-31-36(35(34)42)44-39(45-37(31)46-18-25-7-8-26(19-46)43-25)51-21-40(11-12-40)20-47-27-9-10-28(47)14-24(13-27)38(49)50-2/h1,4-6,15-17,24-28,43,48H,7-14,18-21H2,2H3. The van der Waals surface area contributed by atoms with Crippen LogP contribution >= 0.6 is 0 Å². The Bertz CT molecular complexity index is 2090. The molecule has 264 valence electrons. The number of hydrogen-bond acceptors (Lipinski definition) is 9. The third-order valence-electron chi connectivity index (χ3n) is 12.1. The summed E-state index contributed by atoms with van der Waals surface area (Å²) in [5.41, 5.74) is 0.180. The largest absolute Gasteiger partial charge is 0.508 e. The number of nitrogens with zero attached hydrogens (tertiary/aromatic N) is 4. The molecule has 5 heterocycles. The summed E-state index contributed by atoms with van der Waals surface area (Å²) in [5, 5.41) is 15.6. The van der Waals surface area contributed by atoms with Gasteiger partial charge in [-0.1, -0.05) is 18.1 Å². The normalized spacial score (nSPS) is 26.4. The first-order chi connectivity index (χ1) is 24.7. The summed E-state index contributed by atoms with van der Waals surface area (Å²) in [5.74, 6) is 1.14. The van der Waals surface area contributed by atoms with Gasteiger partial charge in [0.25, 0.3) is 0 Å². The Labute approximate surface area is 295 Å². The molecule has 2 N–H and O–H groups in total. The lowest BCUT2D eigenvalue weighted by atomic mass is 9.89. The van der Waals surface area contributed by atoms with Gasteiger partial charge in [-0.2, -0.15) is 9.97 Å². The van der Waals surface area contributed by atoms with E-state index in [2.05, 4.69) is 26.0 Å². The lowest BCUT2D eigenvalue weighted by Crippen LogP contribution is -2.51. The van der Waals surface area contributed by atoms with E-state index >= 15 is 8.78 Å². The minimum Gasteiger partial charge on any atom is -0.508 e. The zero-order chi connectivity index (χ0) is 35.0. The Kier molecular flexibility index (Phi) is 7.82. The van der Waals surface area contributed by atoms with Crippen LogP contribution in [0.2, 0.25) is 0 Å². The highest BCUT2D eigenvalue weighted by molar-refractivity contribution is 6.04. The van der Waals surface area contributed by atoms with Crippen LogP contribution in [0.15, 0.2) is 36.4 Å². The molecule has 4 saturated heterocycles. The van der Waals surface area contributed by atoms with Gasteiger partial charge >= 0.3 is 12.0 Å². The third kappa shape index (κ3) is 5.64. The second-order valence-electron chi connectivity index (χ2n) is 15.4. The number of nitrogens with one attached hydrogen (secondary N) is 1. The third-order valence-corrected chi connectivity index (χ3v) is 12.1. The van der Waals surface area contributed by atoms with Crippen LogP contribution in [0.5, 0.6) is 11.8 Å². The maximum atomic E-state index is 17.0. The van der Waals surface area contributed by atoms with Gasteiger partial charge in [-0.05, 0) is 81.0 Å². The summed E-state index contributed by atoms with van der Waals surface area (Å²) >= 11 is 0. The molecule has 9 rings (SSSR count). The number of piperidine rings is 1. The van der Waals surface area contributed by atoms with E-state index in [1.807, 2.05) is 0 Å². The molecule has 1 aliphatic carbocycles. The molecule has 4 unspecified atom stereocenters. The zero-order valence-corrected chi connectivity index (χ0v) is 28.6. The number of piperazine rings is 1. The SMILES string of the molecule is C#Cc1cccc2cc(O)cc(-c3c(F)cc4c(N5CC6CCC(C5)N6)nc(OCC5(CN6C7CCC6CC(C(=O)OC)C7)CC5)nc4c3F)c12. The molecule has 4 aliphatic heterocycles. The smallest absolute Gasteiger partial charge is 0.319 e. The Hall–Kier alpha value is -4.53. The average Bonchev–Trinajstić information content (AvgIpc) is 3.77. The number of phenols is 1. The van der Waals surface area contributed by atoms with E-state index in [0.29, 0.717) is 53.9 Å². The van der Waals surface area contributed by atoms with Crippen molar-refractivity contribution in [2.45, 2.75) is 75.5 Å². The summed E-state index contributed by atoms with van der Waals surface area (Å²) in [7, 11) is 1.46. The molecule has 5 aliphatic rings. The topological polar surface area (TPSA) is 100 Å². The van der Waals surface area contributed by atoms with Gasteiger partial charge in [-0.25, -0.2) is 8.78 Å². The first kappa shape index (κ1) is 32.4. The fraction of sp³-hybridized carbons (Fsp3) is 0.475.